The molecule has 214 valence electrons. The Labute approximate surface area is 227 Å². The summed E-state index contributed by atoms with van der Waals surface area (Å²) in [5.41, 5.74) is 1.16. The van der Waals surface area contributed by atoms with E-state index in [2.05, 4.69) is 18.3 Å². The van der Waals surface area contributed by atoms with Gasteiger partial charge in [0.1, 0.15) is 12.4 Å². The predicted octanol–water partition coefficient (Wildman–Crippen LogP) is 7.10. The monoisotopic (exact) mass is 541 g/mol. The first-order chi connectivity index (χ1) is 18.1. The fraction of sp³-hybridized carbons (Fsp3) is 0.759. The molecule has 0 aromatic heterocycles. The van der Waals surface area contributed by atoms with Crippen LogP contribution in [0.25, 0.3) is 0 Å². The normalized spacial score (nSPS) is 12.9. The Morgan fingerprint density at radius 3 is 2.14 bits per heavy atom. The van der Waals surface area contributed by atoms with Crippen molar-refractivity contribution in [2.45, 2.75) is 110 Å². The van der Waals surface area contributed by atoms with Crippen LogP contribution >= 0.6 is 8.60 Å². The second-order valence-electron chi connectivity index (χ2n) is 9.51. The summed E-state index contributed by atoms with van der Waals surface area (Å²) in [5, 5.41) is 3.11. The van der Waals surface area contributed by atoms with Crippen molar-refractivity contribution in [3.63, 3.8) is 0 Å². The van der Waals surface area contributed by atoms with Gasteiger partial charge in [0.05, 0.1) is 13.2 Å². The van der Waals surface area contributed by atoms with Crippen LogP contribution in [-0.4, -0.2) is 49.9 Å². The number of likely N-dealkylation sites (N-methyl/N-ethyl adjacent to an activating group) is 1. The highest BCUT2D eigenvalue weighted by molar-refractivity contribution is 7.40. The van der Waals surface area contributed by atoms with Crippen LogP contribution in [0.5, 0.6) is 5.75 Å². The van der Waals surface area contributed by atoms with Crippen LogP contribution in [0.2, 0.25) is 0 Å². The van der Waals surface area contributed by atoms with Crippen LogP contribution in [-0.2, 0) is 25.0 Å². The van der Waals surface area contributed by atoms with Crippen molar-refractivity contribution in [3.8, 4) is 5.75 Å². The van der Waals surface area contributed by atoms with Gasteiger partial charge in [0.2, 0.25) is 0 Å². The molecule has 1 aromatic rings. The zero-order valence-corrected chi connectivity index (χ0v) is 24.4. The second-order valence-corrected chi connectivity index (χ2v) is 10.5. The van der Waals surface area contributed by atoms with Gasteiger partial charge >= 0.3 is 14.6 Å². The maximum absolute atomic E-state index is 11.5. The van der Waals surface area contributed by atoms with Crippen LogP contribution < -0.4 is 10.1 Å². The Hall–Kier alpha value is -1.24. The van der Waals surface area contributed by atoms with Gasteiger partial charge in [-0.05, 0) is 31.0 Å². The van der Waals surface area contributed by atoms with Crippen LogP contribution in [0.1, 0.15) is 103 Å². The molecule has 2 atom stereocenters. The van der Waals surface area contributed by atoms with E-state index in [1.807, 2.05) is 25.1 Å². The standard InChI is InChI=1S/C29H52NO6P/c1-4-6-7-8-9-10-11-12-13-14-15-16-19-27-20-17-18-21-29(27)33-24-28(36-26(3)31)25-35-37(32)34-23-22-30-5-2/h17-18,20-21,28,30,32H,4-16,19,22-25H2,1-3H3. The van der Waals surface area contributed by atoms with Crippen LogP contribution in [0.3, 0.4) is 0 Å². The summed E-state index contributed by atoms with van der Waals surface area (Å²) in [6, 6.07) is 8.02. The number of carbonyl (C=O) groups excluding carboxylic acids is 1. The molecule has 2 N–H and O–H groups in total. The van der Waals surface area contributed by atoms with Crippen molar-refractivity contribution >= 4 is 14.6 Å². The summed E-state index contributed by atoms with van der Waals surface area (Å²) in [4.78, 5) is 21.4. The molecule has 0 fully saturated rings. The Bertz CT molecular complexity index is 678. The third kappa shape index (κ3) is 19.5. The van der Waals surface area contributed by atoms with Crippen molar-refractivity contribution in [1.29, 1.82) is 0 Å². The number of esters is 1. The summed E-state index contributed by atoms with van der Waals surface area (Å²) in [6.07, 6.45) is 16.3. The van der Waals surface area contributed by atoms with Gasteiger partial charge in [-0.3, -0.25) is 4.79 Å². The van der Waals surface area contributed by atoms with Gasteiger partial charge in [0.25, 0.3) is 0 Å². The largest absolute Gasteiger partial charge is 0.489 e. The van der Waals surface area contributed by atoms with Gasteiger partial charge in [0, 0.05) is 13.5 Å². The van der Waals surface area contributed by atoms with E-state index in [1.165, 1.54) is 77.6 Å². The number of para-hydroxylation sites is 1. The molecular formula is C29H52NO6P. The quantitative estimate of drug-likeness (QED) is 0.0775. The number of aryl methyl sites for hydroxylation is 1. The van der Waals surface area contributed by atoms with Gasteiger partial charge in [-0.1, -0.05) is 103 Å². The summed E-state index contributed by atoms with van der Waals surface area (Å²) in [6.45, 7) is 7.58. The van der Waals surface area contributed by atoms with Gasteiger partial charge in [-0.2, -0.15) is 0 Å². The highest BCUT2D eigenvalue weighted by Crippen LogP contribution is 2.32. The number of ether oxygens (including phenoxy) is 2. The predicted molar refractivity (Wildman–Crippen MR) is 152 cm³/mol. The summed E-state index contributed by atoms with van der Waals surface area (Å²) in [7, 11) is -2.03. The molecule has 0 spiro atoms. The van der Waals surface area contributed by atoms with Gasteiger partial charge < -0.3 is 28.7 Å². The fourth-order valence-corrected chi connectivity index (χ4v) is 4.71. The number of carbonyl (C=O) groups is 1. The summed E-state index contributed by atoms with van der Waals surface area (Å²) in [5.74, 6) is 0.383. The second kappa shape index (κ2) is 23.8. The van der Waals surface area contributed by atoms with E-state index in [0.29, 0.717) is 13.2 Å². The van der Waals surface area contributed by atoms with Crippen molar-refractivity contribution in [2.24, 2.45) is 0 Å². The molecule has 0 amide bonds. The molecule has 8 heteroatoms. The first kappa shape index (κ1) is 33.8. The number of hydrogen-bond donors (Lipinski definition) is 2. The topological polar surface area (TPSA) is 86.2 Å². The number of rotatable bonds is 25. The molecule has 0 saturated carbocycles. The van der Waals surface area contributed by atoms with E-state index in [1.54, 1.807) is 0 Å². The average Bonchev–Trinajstić information content (AvgIpc) is 2.89. The van der Waals surface area contributed by atoms with E-state index in [-0.39, 0.29) is 13.2 Å². The molecule has 0 heterocycles. The Balaban J connectivity index is 2.30. The third-order valence-electron chi connectivity index (χ3n) is 6.13. The highest BCUT2D eigenvalue weighted by atomic mass is 31.2. The average molecular weight is 542 g/mol. The van der Waals surface area contributed by atoms with Crippen molar-refractivity contribution in [3.05, 3.63) is 29.8 Å². The van der Waals surface area contributed by atoms with E-state index in [0.717, 1.165) is 30.7 Å². The van der Waals surface area contributed by atoms with Crippen LogP contribution in [0.15, 0.2) is 24.3 Å². The number of unbranched alkanes of at least 4 members (excludes halogenated alkanes) is 11. The SMILES string of the molecule is CCCCCCCCCCCCCCc1ccccc1OCC(COP(O)OCCNCC)OC(C)=O. The molecular weight excluding hydrogens is 489 g/mol. The Morgan fingerprint density at radius 2 is 1.51 bits per heavy atom. The maximum atomic E-state index is 11.5. The molecule has 2 unspecified atom stereocenters. The van der Waals surface area contributed by atoms with E-state index in [9.17, 15) is 9.69 Å². The van der Waals surface area contributed by atoms with E-state index in [4.69, 9.17) is 18.5 Å². The molecule has 1 aromatic carbocycles. The molecule has 37 heavy (non-hydrogen) atoms. The minimum Gasteiger partial charge on any atom is -0.489 e. The van der Waals surface area contributed by atoms with Crippen molar-refractivity contribution in [1.82, 2.24) is 5.32 Å². The summed E-state index contributed by atoms with van der Waals surface area (Å²) >= 11 is 0. The molecule has 0 saturated heterocycles. The lowest BCUT2D eigenvalue weighted by Gasteiger charge is -2.20. The van der Waals surface area contributed by atoms with Gasteiger partial charge in [-0.15, -0.1) is 0 Å². The molecule has 0 aliphatic heterocycles. The van der Waals surface area contributed by atoms with Crippen molar-refractivity contribution < 1.29 is 28.2 Å². The van der Waals surface area contributed by atoms with Crippen LogP contribution in [0, 0.1) is 0 Å². The molecule has 1 rings (SSSR count). The first-order valence-electron chi connectivity index (χ1n) is 14.4. The molecule has 7 nitrogen and oxygen atoms in total. The zero-order chi connectivity index (χ0) is 27.0. The molecule has 0 bridgehead atoms. The number of nitrogens with one attached hydrogen (secondary N) is 1. The minimum absolute atomic E-state index is 0.00387. The zero-order valence-electron chi connectivity index (χ0n) is 23.6. The molecule has 0 aliphatic carbocycles. The van der Waals surface area contributed by atoms with Crippen molar-refractivity contribution in [2.75, 3.05) is 32.9 Å². The molecule has 0 radical (unpaired) electrons. The maximum Gasteiger partial charge on any atom is 0.330 e. The fourth-order valence-electron chi connectivity index (χ4n) is 4.10. The van der Waals surface area contributed by atoms with E-state index < -0.39 is 20.7 Å². The van der Waals surface area contributed by atoms with E-state index >= 15 is 0 Å². The highest BCUT2D eigenvalue weighted by Gasteiger charge is 2.18. The van der Waals surface area contributed by atoms with Crippen LogP contribution in [0.4, 0.5) is 0 Å². The Kier molecular flexibility index (Phi) is 21.8. The lowest BCUT2D eigenvalue weighted by molar-refractivity contribution is -0.149. The van der Waals surface area contributed by atoms with Gasteiger partial charge in [0.15, 0.2) is 6.10 Å². The minimum atomic E-state index is -2.03. The third-order valence-corrected chi connectivity index (χ3v) is 6.90. The lowest BCUT2D eigenvalue weighted by Crippen LogP contribution is -2.28. The molecule has 0 aliphatic rings. The van der Waals surface area contributed by atoms with Gasteiger partial charge in [-0.25, -0.2) is 0 Å². The summed E-state index contributed by atoms with van der Waals surface area (Å²) < 4.78 is 22.0. The smallest absolute Gasteiger partial charge is 0.330 e. The first-order valence-corrected chi connectivity index (χ1v) is 15.5. The Morgan fingerprint density at radius 1 is 0.892 bits per heavy atom. The lowest BCUT2D eigenvalue weighted by atomic mass is 10.0. The number of benzene rings is 1. The number of hydrogen-bond acceptors (Lipinski definition) is 7.